The van der Waals surface area contributed by atoms with Gasteiger partial charge in [-0.2, -0.15) is 0 Å². The molecule has 0 unspecified atom stereocenters. The Morgan fingerprint density at radius 2 is 0.778 bits per heavy atom. The largest absolute Gasteiger partial charge is 3.00 e. The molecule has 0 aliphatic heterocycles. The van der Waals surface area contributed by atoms with Crippen molar-refractivity contribution in [1.29, 1.82) is 0 Å². The smallest absolute Gasteiger partial charge is 0.300 e. The first kappa shape index (κ1) is 16.0. The molecule has 0 spiro atoms. The van der Waals surface area contributed by atoms with Crippen LogP contribution in [0.25, 0.3) is 0 Å². The van der Waals surface area contributed by atoms with Crippen molar-refractivity contribution in [2.24, 2.45) is 0 Å². The summed E-state index contributed by atoms with van der Waals surface area (Å²) in [5.41, 5.74) is 0. The van der Waals surface area contributed by atoms with Gasteiger partial charge in [-0.25, -0.2) is 0 Å². The Bertz CT molecular complexity index is 69.1. The summed E-state index contributed by atoms with van der Waals surface area (Å²) >= 11 is 0. The molecule has 0 atom stereocenters. The molecule has 0 N–H and O–H groups in total. The molecule has 0 aliphatic rings. The van der Waals surface area contributed by atoms with Crippen LogP contribution in [0, 0.1) is 0 Å². The van der Waals surface area contributed by atoms with Gasteiger partial charge in [-0.05, 0) is 27.7 Å². The maximum Gasteiger partial charge on any atom is 3.00 e. The predicted molar refractivity (Wildman–Crippen MR) is 32.7 cm³/mol. The Morgan fingerprint density at radius 3 is 0.778 bits per heavy atom. The van der Waals surface area contributed by atoms with Gasteiger partial charge in [-0.15, -0.1) is 0 Å². The summed E-state index contributed by atoms with van der Waals surface area (Å²) < 4.78 is 0. The van der Waals surface area contributed by atoms with E-state index in [0.29, 0.717) is 0 Å². The van der Waals surface area contributed by atoms with Gasteiger partial charge in [0.25, 0.3) is 0 Å². The Labute approximate surface area is 69.4 Å². The third-order valence-corrected chi connectivity index (χ3v) is 0. The Kier molecular flexibility index (Phi) is 19.3. The van der Waals surface area contributed by atoms with Crippen molar-refractivity contribution in [2.75, 3.05) is 0 Å². The third-order valence-electron chi connectivity index (χ3n) is 0. The van der Waals surface area contributed by atoms with Gasteiger partial charge in [0.05, 0.1) is 0 Å². The van der Waals surface area contributed by atoms with E-state index in [9.17, 15) is 9.59 Å². The van der Waals surface area contributed by atoms with Crippen molar-refractivity contribution < 1.29 is 29.7 Å². The second-order valence-electron chi connectivity index (χ2n) is 1.82. The Hall–Kier alpha value is -0.0106. The molecule has 0 saturated carbocycles. The number of hydrogen-bond donors (Lipinski definition) is 0. The number of carbonyl (C=O) groups excluding carboxylic acids is 2. The SMILES string of the molecule is CC(C)=O.CC(C)=O.[Ir+3]. The fourth-order valence-electron chi connectivity index (χ4n) is 0. The molecule has 0 bridgehead atoms. The fraction of sp³-hybridized carbons (Fsp3) is 0.667. The van der Waals surface area contributed by atoms with E-state index >= 15 is 0 Å². The molecule has 54 valence electrons. The van der Waals surface area contributed by atoms with Crippen LogP contribution >= 0.6 is 0 Å². The van der Waals surface area contributed by atoms with Crippen molar-refractivity contribution in [1.82, 2.24) is 0 Å². The van der Waals surface area contributed by atoms with Crippen molar-refractivity contribution in [3.05, 3.63) is 0 Å². The van der Waals surface area contributed by atoms with Crippen molar-refractivity contribution >= 4 is 11.6 Å². The van der Waals surface area contributed by atoms with E-state index in [1.165, 1.54) is 27.7 Å². The van der Waals surface area contributed by atoms with Gasteiger partial charge < -0.3 is 9.59 Å². The van der Waals surface area contributed by atoms with Gasteiger partial charge in [0.1, 0.15) is 11.6 Å². The van der Waals surface area contributed by atoms with Crippen LogP contribution in [-0.2, 0) is 29.7 Å². The summed E-state index contributed by atoms with van der Waals surface area (Å²) in [6.45, 7) is 6.11. The van der Waals surface area contributed by atoms with Crippen LogP contribution < -0.4 is 0 Å². The van der Waals surface area contributed by atoms with Crippen LogP contribution in [0.15, 0.2) is 0 Å². The van der Waals surface area contributed by atoms with Gasteiger partial charge in [0.15, 0.2) is 0 Å². The summed E-state index contributed by atoms with van der Waals surface area (Å²) in [6, 6.07) is 0. The Morgan fingerprint density at radius 1 is 0.778 bits per heavy atom. The van der Waals surface area contributed by atoms with E-state index in [1.54, 1.807) is 0 Å². The maximum absolute atomic E-state index is 9.44. The van der Waals surface area contributed by atoms with Gasteiger partial charge in [-0.1, -0.05) is 0 Å². The standard InChI is InChI=1S/2C3H6O.Ir/c2*1-3(2)4;/h2*1-2H3;/q;;+3. The Balaban J connectivity index is -0.0000000720. The minimum Gasteiger partial charge on any atom is -0.300 e. The summed E-state index contributed by atoms with van der Waals surface area (Å²) in [6.07, 6.45) is 0. The molecule has 0 amide bonds. The predicted octanol–water partition coefficient (Wildman–Crippen LogP) is 1.19. The van der Waals surface area contributed by atoms with E-state index in [0.717, 1.165) is 0 Å². The quantitative estimate of drug-likeness (QED) is 0.674. The van der Waals surface area contributed by atoms with Crippen LogP contribution in [0.4, 0.5) is 0 Å². The second-order valence-corrected chi connectivity index (χ2v) is 1.82. The number of hydrogen-bond acceptors (Lipinski definition) is 2. The number of rotatable bonds is 0. The molecule has 0 aromatic rings. The molecule has 0 radical (unpaired) electrons. The zero-order valence-electron chi connectivity index (χ0n) is 6.15. The molecule has 3 heteroatoms. The molecule has 0 saturated heterocycles. The molecule has 0 aliphatic carbocycles. The third kappa shape index (κ3) is 2530000. The summed E-state index contributed by atoms with van der Waals surface area (Å²) in [4.78, 5) is 18.9. The molecular formula is C6H12IrO2+3. The van der Waals surface area contributed by atoms with E-state index in [2.05, 4.69) is 0 Å². The summed E-state index contributed by atoms with van der Waals surface area (Å²) in [5.74, 6) is 0.333. The van der Waals surface area contributed by atoms with Crippen LogP contribution in [0.3, 0.4) is 0 Å². The number of ketones is 2. The molecule has 2 nitrogen and oxygen atoms in total. The van der Waals surface area contributed by atoms with E-state index in [4.69, 9.17) is 0 Å². The topological polar surface area (TPSA) is 34.1 Å². The van der Waals surface area contributed by atoms with Crippen molar-refractivity contribution in [3.8, 4) is 0 Å². The van der Waals surface area contributed by atoms with Gasteiger partial charge >= 0.3 is 20.1 Å². The maximum atomic E-state index is 9.44. The first-order chi connectivity index (χ1) is 3.46. The minimum absolute atomic E-state index is 0. The zero-order valence-corrected chi connectivity index (χ0v) is 8.54. The van der Waals surface area contributed by atoms with Crippen LogP contribution in [0.5, 0.6) is 0 Å². The second kappa shape index (κ2) is 10.9. The number of carbonyl (C=O) groups is 2. The van der Waals surface area contributed by atoms with Gasteiger partial charge in [0, 0.05) is 0 Å². The van der Waals surface area contributed by atoms with Gasteiger partial charge in [-0.3, -0.25) is 0 Å². The fourth-order valence-corrected chi connectivity index (χ4v) is 0. The monoisotopic (exact) mass is 309 g/mol. The summed E-state index contributed by atoms with van der Waals surface area (Å²) in [7, 11) is 0. The molecule has 9 heavy (non-hydrogen) atoms. The molecular weight excluding hydrogens is 296 g/mol. The molecule has 0 heterocycles. The normalized spacial score (nSPS) is 5.78. The number of Topliss-reactive ketones (excluding diaryl/α,β-unsaturated/α-hetero) is 2. The first-order valence-corrected chi connectivity index (χ1v) is 2.41. The molecule has 0 aromatic heterocycles. The van der Waals surface area contributed by atoms with Crippen molar-refractivity contribution in [3.63, 3.8) is 0 Å². The summed E-state index contributed by atoms with van der Waals surface area (Å²) in [5, 5.41) is 0. The first-order valence-electron chi connectivity index (χ1n) is 2.41. The van der Waals surface area contributed by atoms with Crippen LogP contribution in [-0.4, -0.2) is 11.6 Å². The molecule has 0 rings (SSSR count). The zero-order chi connectivity index (χ0) is 7.15. The van der Waals surface area contributed by atoms with E-state index in [1.807, 2.05) is 0 Å². The minimum atomic E-state index is 0. The van der Waals surface area contributed by atoms with E-state index < -0.39 is 0 Å². The molecule has 0 aromatic carbocycles. The van der Waals surface area contributed by atoms with Gasteiger partial charge in [0.2, 0.25) is 0 Å². The van der Waals surface area contributed by atoms with Crippen molar-refractivity contribution in [2.45, 2.75) is 27.7 Å². The average Bonchev–Trinajstić information content (AvgIpc) is 1.25. The van der Waals surface area contributed by atoms with Crippen LogP contribution in [0.1, 0.15) is 27.7 Å². The van der Waals surface area contributed by atoms with E-state index in [-0.39, 0.29) is 31.7 Å². The average molecular weight is 308 g/mol. The molecule has 0 fully saturated rings. The van der Waals surface area contributed by atoms with Crippen LogP contribution in [0.2, 0.25) is 0 Å².